The Morgan fingerprint density at radius 1 is 1.35 bits per heavy atom. The number of hydrogen-bond acceptors (Lipinski definition) is 5. The van der Waals surface area contributed by atoms with Crippen molar-refractivity contribution in [3.8, 4) is 0 Å². The summed E-state index contributed by atoms with van der Waals surface area (Å²) < 4.78 is 36.1. The molecule has 0 atom stereocenters. The molecule has 1 aliphatic heterocycles. The summed E-state index contributed by atoms with van der Waals surface area (Å²) in [5.41, 5.74) is -0.00784. The predicted molar refractivity (Wildman–Crippen MR) is 69.8 cm³/mol. The molecule has 9 heteroatoms. The lowest BCUT2D eigenvalue weighted by atomic mass is 9.77. The van der Waals surface area contributed by atoms with Crippen LogP contribution in [-0.4, -0.2) is 40.5 Å². The van der Waals surface area contributed by atoms with E-state index >= 15 is 0 Å². The maximum atomic E-state index is 13.1. The van der Waals surface area contributed by atoms with E-state index in [-0.39, 0.29) is 17.6 Å². The number of nitrogens with zero attached hydrogens (tertiary/aromatic N) is 1. The lowest BCUT2D eigenvalue weighted by molar-refractivity contribution is -0.132. The van der Waals surface area contributed by atoms with Crippen LogP contribution < -0.4 is 5.46 Å². The summed E-state index contributed by atoms with van der Waals surface area (Å²) in [5, 5.41) is 18.3. The Morgan fingerprint density at radius 3 is 2.45 bits per heavy atom. The normalized spacial score (nSPS) is 19.6. The SMILES string of the molecule is CC1(C)C(=O)N(Cc2ccc(F)cc2B(O)O)S1(=O)=O. The van der Waals surface area contributed by atoms with E-state index in [1.807, 2.05) is 0 Å². The maximum Gasteiger partial charge on any atom is 0.488 e. The minimum atomic E-state index is -3.77. The van der Waals surface area contributed by atoms with Gasteiger partial charge in [-0.05, 0) is 37.0 Å². The van der Waals surface area contributed by atoms with Crippen LogP contribution in [0.2, 0.25) is 0 Å². The molecule has 1 aromatic carbocycles. The Balaban J connectivity index is 2.36. The lowest BCUT2D eigenvalue weighted by Crippen LogP contribution is -2.66. The maximum absolute atomic E-state index is 13.1. The fourth-order valence-corrected chi connectivity index (χ4v) is 3.52. The average Bonchev–Trinajstić information content (AvgIpc) is 2.35. The van der Waals surface area contributed by atoms with Gasteiger partial charge in [0.15, 0.2) is 4.75 Å². The molecule has 6 nitrogen and oxygen atoms in total. The van der Waals surface area contributed by atoms with E-state index in [0.29, 0.717) is 4.31 Å². The monoisotopic (exact) mass is 301 g/mol. The number of hydrogen-bond donors (Lipinski definition) is 2. The molecule has 2 rings (SSSR count). The van der Waals surface area contributed by atoms with Crippen LogP contribution >= 0.6 is 0 Å². The fourth-order valence-electron chi connectivity index (χ4n) is 2.02. The highest BCUT2D eigenvalue weighted by atomic mass is 32.2. The molecule has 0 unspecified atom stereocenters. The molecule has 0 aliphatic carbocycles. The number of halogens is 1. The highest BCUT2D eigenvalue weighted by Crippen LogP contribution is 2.35. The Kier molecular flexibility index (Phi) is 3.39. The standard InChI is InChI=1S/C11H13BFNO5S/c1-11(2)10(15)14(20(11,18)19)6-7-3-4-8(13)5-9(7)12(16)17/h3-5,16-17H,6H2,1-2H3. The molecule has 1 amide bonds. The number of benzene rings is 1. The number of carbonyl (C=O) groups is 1. The second-order valence-corrected chi connectivity index (χ2v) is 7.46. The fraction of sp³-hybridized carbons (Fsp3) is 0.364. The summed E-state index contributed by atoms with van der Waals surface area (Å²) in [6.45, 7) is 2.25. The van der Waals surface area contributed by atoms with Crippen LogP contribution in [-0.2, 0) is 21.4 Å². The molecule has 0 spiro atoms. The molecule has 1 aliphatic rings. The molecule has 2 N–H and O–H groups in total. The zero-order valence-electron chi connectivity index (χ0n) is 10.9. The van der Waals surface area contributed by atoms with E-state index in [1.165, 1.54) is 19.9 Å². The molecule has 1 heterocycles. The van der Waals surface area contributed by atoms with Gasteiger partial charge in [0.1, 0.15) is 5.82 Å². The molecule has 1 aromatic rings. The first kappa shape index (κ1) is 15.0. The van der Waals surface area contributed by atoms with Crippen molar-refractivity contribution < 1.29 is 27.7 Å². The van der Waals surface area contributed by atoms with Gasteiger partial charge in [-0.25, -0.2) is 17.1 Å². The first-order chi connectivity index (χ1) is 9.09. The summed E-state index contributed by atoms with van der Waals surface area (Å²) in [5.74, 6) is -1.27. The molecule has 1 fully saturated rings. The number of amides is 1. The first-order valence-electron chi connectivity index (χ1n) is 5.80. The Morgan fingerprint density at radius 2 is 1.95 bits per heavy atom. The van der Waals surface area contributed by atoms with Crippen LogP contribution in [0.1, 0.15) is 19.4 Å². The molecule has 20 heavy (non-hydrogen) atoms. The number of sulfonamides is 1. The van der Waals surface area contributed by atoms with Gasteiger partial charge >= 0.3 is 7.12 Å². The second-order valence-electron chi connectivity index (χ2n) is 5.04. The van der Waals surface area contributed by atoms with E-state index in [1.54, 1.807) is 0 Å². The van der Waals surface area contributed by atoms with Gasteiger partial charge in [0.2, 0.25) is 0 Å². The van der Waals surface area contributed by atoms with Crippen LogP contribution in [0, 0.1) is 5.82 Å². The smallest absolute Gasteiger partial charge is 0.423 e. The van der Waals surface area contributed by atoms with Gasteiger partial charge in [0.25, 0.3) is 15.9 Å². The molecule has 0 aromatic heterocycles. The van der Waals surface area contributed by atoms with Gasteiger partial charge in [-0.3, -0.25) is 4.79 Å². The highest BCUT2D eigenvalue weighted by molar-refractivity contribution is 7.94. The van der Waals surface area contributed by atoms with Crippen LogP contribution in [0.25, 0.3) is 0 Å². The van der Waals surface area contributed by atoms with Crippen molar-refractivity contribution in [2.24, 2.45) is 0 Å². The highest BCUT2D eigenvalue weighted by Gasteiger charge is 2.60. The molecular formula is C11H13BFNO5S. The van der Waals surface area contributed by atoms with E-state index in [2.05, 4.69) is 0 Å². The third-order valence-corrected chi connectivity index (χ3v) is 5.72. The topological polar surface area (TPSA) is 94.9 Å². The van der Waals surface area contributed by atoms with Crippen LogP contribution in [0.15, 0.2) is 18.2 Å². The predicted octanol–water partition coefficient (Wildman–Crippen LogP) is -1.04. The Hall–Kier alpha value is -1.45. The summed E-state index contributed by atoms with van der Waals surface area (Å²) >= 11 is 0. The van der Waals surface area contributed by atoms with Gasteiger partial charge in [-0.15, -0.1) is 0 Å². The molecule has 0 saturated carbocycles. The van der Waals surface area contributed by atoms with Crippen LogP contribution in [0.3, 0.4) is 0 Å². The van der Waals surface area contributed by atoms with Gasteiger partial charge in [-0.1, -0.05) is 6.07 Å². The third kappa shape index (κ3) is 2.02. The van der Waals surface area contributed by atoms with Crippen molar-refractivity contribution in [3.05, 3.63) is 29.6 Å². The van der Waals surface area contributed by atoms with Crippen molar-refractivity contribution >= 4 is 28.5 Å². The van der Waals surface area contributed by atoms with Gasteiger partial charge in [0, 0.05) is 0 Å². The Bertz CT molecular complexity index is 673. The second kappa shape index (κ2) is 4.54. The summed E-state index contributed by atoms with van der Waals surface area (Å²) in [6.07, 6.45) is 0. The summed E-state index contributed by atoms with van der Waals surface area (Å²) in [6, 6.07) is 3.17. The quantitative estimate of drug-likeness (QED) is 0.695. The summed E-state index contributed by atoms with van der Waals surface area (Å²) in [7, 11) is -5.72. The van der Waals surface area contributed by atoms with Gasteiger partial charge < -0.3 is 10.0 Å². The van der Waals surface area contributed by atoms with Gasteiger partial charge in [0.05, 0.1) is 6.54 Å². The molecule has 0 radical (unpaired) electrons. The Labute approximate surface area is 116 Å². The molecule has 0 bridgehead atoms. The third-order valence-electron chi connectivity index (χ3n) is 3.38. The molecule has 108 valence electrons. The van der Waals surface area contributed by atoms with Crippen molar-refractivity contribution in [2.45, 2.75) is 25.1 Å². The molecular weight excluding hydrogens is 288 g/mol. The van der Waals surface area contributed by atoms with Crippen molar-refractivity contribution in [3.63, 3.8) is 0 Å². The van der Waals surface area contributed by atoms with Crippen LogP contribution in [0.5, 0.6) is 0 Å². The van der Waals surface area contributed by atoms with Crippen molar-refractivity contribution in [1.82, 2.24) is 4.31 Å². The minimum absolute atomic E-state index is 0.161. The van der Waals surface area contributed by atoms with E-state index in [9.17, 15) is 17.6 Å². The summed E-state index contributed by atoms with van der Waals surface area (Å²) in [4.78, 5) is 11.8. The van der Waals surface area contributed by atoms with Crippen molar-refractivity contribution in [1.29, 1.82) is 0 Å². The largest absolute Gasteiger partial charge is 0.488 e. The zero-order chi connectivity index (χ0) is 15.3. The van der Waals surface area contributed by atoms with E-state index in [4.69, 9.17) is 10.0 Å². The van der Waals surface area contributed by atoms with Crippen molar-refractivity contribution in [2.75, 3.05) is 0 Å². The minimum Gasteiger partial charge on any atom is -0.423 e. The average molecular weight is 301 g/mol. The van der Waals surface area contributed by atoms with E-state index < -0.39 is 33.6 Å². The first-order valence-corrected chi connectivity index (χ1v) is 7.24. The zero-order valence-corrected chi connectivity index (χ0v) is 11.7. The molecule has 1 saturated heterocycles. The lowest BCUT2D eigenvalue weighted by Gasteiger charge is -2.43. The van der Waals surface area contributed by atoms with Crippen LogP contribution in [0.4, 0.5) is 4.39 Å². The van der Waals surface area contributed by atoms with Gasteiger partial charge in [-0.2, -0.15) is 0 Å². The number of carbonyl (C=O) groups excluding carboxylic acids is 1. The van der Waals surface area contributed by atoms with E-state index in [0.717, 1.165) is 12.1 Å². The number of rotatable bonds is 3.